The molecule has 0 fully saturated rings. The molecule has 32 heavy (non-hydrogen) atoms. The molecule has 0 aliphatic heterocycles. The van der Waals surface area contributed by atoms with Crippen LogP contribution in [0.3, 0.4) is 0 Å². The maximum Gasteiger partial charge on any atom is 0.291 e. The van der Waals surface area contributed by atoms with E-state index in [-0.39, 0.29) is 18.1 Å². The summed E-state index contributed by atoms with van der Waals surface area (Å²) < 4.78 is 16.4. The van der Waals surface area contributed by atoms with Crippen LogP contribution < -0.4 is 20.3 Å². The number of rotatable bonds is 9. The summed E-state index contributed by atoms with van der Waals surface area (Å²) >= 11 is 4.92. The van der Waals surface area contributed by atoms with E-state index in [0.29, 0.717) is 34.0 Å². The minimum atomic E-state index is -0.736. The molecule has 2 aromatic carbocycles. The second-order valence-corrected chi connectivity index (χ2v) is 7.18. The molecule has 1 heterocycles. The molecule has 0 aliphatic rings. The van der Waals surface area contributed by atoms with Gasteiger partial charge in [0.05, 0.1) is 13.7 Å². The van der Waals surface area contributed by atoms with Crippen molar-refractivity contribution in [1.29, 1.82) is 0 Å². The molecule has 8 nitrogen and oxygen atoms in total. The number of allylic oxidation sites excluding steroid dienone is 1. The van der Waals surface area contributed by atoms with Crippen molar-refractivity contribution < 1.29 is 28.7 Å². The van der Waals surface area contributed by atoms with Gasteiger partial charge in [0, 0.05) is 10.9 Å². The Balaban J connectivity index is 1.50. The Bertz CT molecular complexity index is 1170. The SMILES string of the molecule is COc1ccc2oc(/C(C)=C/C(=O)C(=O)NCCOc3ccc(C(=S)NO)cc3)cc2c1. The Morgan fingerprint density at radius 2 is 1.84 bits per heavy atom. The van der Waals surface area contributed by atoms with Gasteiger partial charge in [0.1, 0.15) is 34.4 Å². The maximum atomic E-state index is 12.2. The zero-order valence-corrected chi connectivity index (χ0v) is 18.3. The molecule has 0 radical (unpaired) electrons. The van der Waals surface area contributed by atoms with Crippen molar-refractivity contribution >= 4 is 45.4 Å². The van der Waals surface area contributed by atoms with Crippen LogP contribution in [-0.2, 0) is 9.59 Å². The van der Waals surface area contributed by atoms with Crippen LogP contribution in [-0.4, -0.2) is 42.1 Å². The Morgan fingerprint density at radius 1 is 1.12 bits per heavy atom. The van der Waals surface area contributed by atoms with E-state index in [1.807, 2.05) is 11.5 Å². The van der Waals surface area contributed by atoms with Crippen LogP contribution in [0.2, 0.25) is 0 Å². The number of hydroxylamine groups is 1. The van der Waals surface area contributed by atoms with Crippen molar-refractivity contribution in [2.45, 2.75) is 6.92 Å². The fraction of sp³-hybridized carbons (Fsp3) is 0.174. The van der Waals surface area contributed by atoms with E-state index in [4.69, 9.17) is 31.3 Å². The summed E-state index contributed by atoms with van der Waals surface area (Å²) in [5, 5.41) is 12.2. The van der Waals surface area contributed by atoms with Crippen LogP contribution in [0.25, 0.3) is 16.5 Å². The lowest BCUT2D eigenvalue weighted by atomic mass is 10.1. The smallest absolute Gasteiger partial charge is 0.291 e. The molecular formula is C23H22N2O6S. The Kier molecular flexibility index (Phi) is 7.58. The standard InChI is InChI=1S/C23H22N2O6S/c1-14(21-13-16-12-18(29-2)7-8-20(16)31-21)11-19(26)22(27)24-9-10-30-17-5-3-15(4-6-17)23(32)25-28/h3-8,11-13,28H,9-10H2,1-2H3,(H,24,27)(H,25,32)/b14-11+. The van der Waals surface area contributed by atoms with Crippen molar-refractivity contribution in [2.75, 3.05) is 20.3 Å². The van der Waals surface area contributed by atoms with Gasteiger partial charge in [-0.3, -0.25) is 20.3 Å². The first-order chi connectivity index (χ1) is 15.4. The van der Waals surface area contributed by atoms with Crippen molar-refractivity contribution in [3.8, 4) is 11.5 Å². The number of benzene rings is 2. The largest absolute Gasteiger partial charge is 0.497 e. The molecule has 0 bridgehead atoms. The van der Waals surface area contributed by atoms with Crippen LogP contribution in [0.1, 0.15) is 18.2 Å². The number of hydrogen-bond acceptors (Lipinski definition) is 7. The summed E-state index contributed by atoms with van der Waals surface area (Å²) in [6.45, 7) is 2.03. The topological polar surface area (TPSA) is 110 Å². The molecule has 0 spiro atoms. The monoisotopic (exact) mass is 454 g/mol. The molecule has 1 amide bonds. The van der Waals surface area contributed by atoms with Crippen LogP contribution in [0.15, 0.2) is 59.0 Å². The summed E-state index contributed by atoms with van der Waals surface area (Å²) in [6, 6.07) is 13.9. The molecule has 3 N–H and O–H groups in total. The van der Waals surface area contributed by atoms with E-state index >= 15 is 0 Å². The summed E-state index contributed by atoms with van der Waals surface area (Å²) in [7, 11) is 1.58. The van der Waals surface area contributed by atoms with Gasteiger partial charge in [0.15, 0.2) is 0 Å². The van der Waals surface area contributed by atoms with Gasteiger partial charge in [0.2, 0.25) is 5.78 Å². The predicted octanol–water partition coefficient (Wildman–Crippen LogP) is 3.26. The lowest BCUT2D eigenvalue weighted by molar-refractivity contribution is -0.135. The van der Waals surface area contributed by atoms with E-state index in [2.05, 4.69) is 5.32 Å². The molecular weight excluding hydrogens is 432 g/mol. The second kappa shape index (κ2) is 10.6. The van der Waals surface area contributed by atoms with Gasteiger partial charge in [-0.2, -0.15) is 0 Å². The molecule has 1 aromatic heterocycles. The summed E-state index contributed by atoms with van der Waals surface area (Å²) in [6.07, 6.45) is 1.24. The second-order valence-electron chi connectivity index (χ2n) is 6.78. The van der Waals surface area contributed by atoms with Crippen LogP contribution in [0.4, 0.5) is 0 Å². The van der Waals surface area contributed by atoms with Crippen molar-refractivity contribution in [1.82, 2.24) is 10.8 Å². The van der Waals surface area contributed by atoms with Crippen molar-refractivity contribution in [2.24, 2.45) is 0 Å². The summed E-state index contributed by atoms with van der Waals surface area (Å²) in [5.41, 5.74) is 3.74. The lowest BCUT2D eigenvalue weighted by Crippen LogP contribution is -2.33. The molecule has 3 aromatic rings. The number of ether oxygens (including phenoxy) is 2. The number of thiocarbonyl (C=S) groups is 1. The minimum Gasteiger partial charge on any atom is -0.497 e. The molecule has 166 valence electrons. The summed E-state index contributed by atoms with van der Waals surface area (Å²) in [4.78, 5) is 24.5. The number of amides is 1. The van der Waals surface area contributed by atoms with Crippen LogP contribution in [0.5, 0.6) is 11.5 Å². The highest BCUT2D eigenvalue weighted by Crippen LogP contribution is 2.27. The van der Waals surface area contributed by atoms with Gasteiger partial charge in [0.25, 0.3) is 5.91 Å². The van der Waals surface area contributed by atoms with Gasteiger partial charge in [-0.05, 0) is 67.1 Å². The minimum absolute atomic E-state index is 0.153. The first-order valence-corrected chi connectivity index (χ1v) is 10.1. The van der Waals surface area contributed by atoms with E-state index in [1.54, 1.807) is 56.5 Å². The fourth-order valence-electron chi connectivity index (χ4n) is 2.86. The number of methoxy groups -OCH3 is 1. The third-order valence-corrected chi connectivity index (χ3v) is 4.88. The zero-order chi connectivity index (χ0) is 23.1. The van der Waals surface area contributed by atoms with E-state index in [1.165, 1.54) is 6.08 Å². The molecule has 0 saturated heterocycles. The number of hydrogen-bond donors (Lipinski definition) is 3. The number of carbonyl (C=O) groups excluding carboxylic acids is 2. The van der Waals surface area contributed by atoms with E-state index in [0.717, 1.165) is 5.39 Å². The highest BCUT2D eigenvalue weighted by molar-refractivity contribution is 7.80. The normalized spacial score (nSPS) is 11.2. The average Bonchev–Trinajstić information content (AvgIpc) is 3.25. The number of fused-ring (bicyclic) bond motifs is 1. The third kappa shape index (κ3) is 5.71. The Morgan fingerprint density at radius 3 is 2.53 bits per heavy atom. The van der Waals surface area contributed by atoms with Gasteiger partial charge < -0.3 is 19.2 Å². The van der Waals surface area contributed by atoms with E-state index in [9.17, 15) is 9.59 Å². The molecule has 0 atom stereocenters. The molecule has 3 rings (SSSR count). The summed E-state index contributed by atoms with van der Waals surface area (Å²) in [5.74, 6) is 0.338. The lowest BCUT2D eigenvalue weighted by Gasteiger charge is -2.08. The molecule has 0 unspecified atom stereocenters. The van der Waals surface area contributed by atoms with Gasteiger partial charge in [-0.25, -0.2) is 0 Å². The maximum absolute atomic E-state index is 12.2. The predicted molar refractivity (Wildman–Crippen MR) is 123 cm³/mol. The molecule has 9 heteroatoms. The fourth-order valence-corrected chi connectivity index (χ4v) is 3.00. The first kappa shape index (κ1) is 23.0. The highest BCUT2D eigenvalue weighted by Gasteiger charge is 2.13. The molecule has 0 aliphatic carbocycles. The van der Waals surface area contributed by atoms with Crippen LogP contribution in [0, 0.1) is 0 Å². The first-order valence-electron chi connectivity index (χ1n) is 9.67. The molecule has 0 saturated carbocycles. The Labute approximate surface area is 189 Å². The van der Waals surface area contributed by atoms with E-state index < -0.39 is 11.7 Å². The third-order valence-electron chi connectivity index (χ3n) is 4.56. The number of nitrogens with one attached hydrogen (secondary N) is 2. The van der Waals surface area contributed by atoms with Crippen LogP contribution >= 0.6 is 12.2 Å². The van der Waals surface area contributed by atoms with Crippen molar-refractivity contribution in [3.63, 3.8) is 0 Å². The highest BCUT2D eigenvalue weighted by atomic mass is 32.1. The number of carbonyl (C=O) groups is 2. The number of furan rings is 1. The number of ketones is 1. The van der Waals surface area contributed by atoms with Gasteiger partial charge in [-0.15, -0.1) is 0 Å². The van der Waals surface area contributed by atoms with Crippen molar-refractivity contribution in [3.05, 3.63) is 65.9 Å². The Hall–Kier alpha value is -3.69. The quantitative estimate of drug-likeness (QED) is 0.149. The average molecular weight is 455 g/mol. The van der Waals surface area contributed by atoms with Gasteiger partial charge in [-0.1, -0.05) is 12.2 Å². The zero-order valence-electron chi connectivity index (χ0n) is 17.5. The van der Waals surface area contributed by atoms with Gasteiger partial charge >= 0.3 is 0 Å².